The average Bonchev–Trinajstić information content (AvgIpc) is 2.82. The van der Waals surface area contributed by atoms with Gasteiger partial charge in [-0.05, 0) is 19.3 Å². The van der Waals surface area contributed by atoms with Crippen molar-refractivity contribution < 1.29 is 27.9 Å². The summed E-state index contributed by atoms with van der Waals surface area (Å²) < 4.78 is 26.4. The maximum atomic E-state index is 12.7. The van der Waals surface area contributed by atoms with Gasteiger partial charge < -0.3 is 16.2 Å². The summed E-state index contributed by atoms with van der Waals surface area (Å²) in [5.41, 5.74) is 5.15. The summed E-state index contributed by atoms with van der Waals surface area (Å²) in [6, 6.07) is -0.656. The van der Waals surface area contributed by atoms with Crippen LogP contribution in [0.3, 0.4) is 0 Å². The van der Waals surface area contributed by atoms with E-state index >= 15 is 0 Å². The molecule has 2 heterocycles. The van der Waals surface area contributed by atoms with Crippen LogP contribution in [0.25, 0.3) is 0 Å². The molecule has 2 aliphatic rings. The number of aliphatic hydroxyl groups is 1. The molecule has 0 aliphatic carbocycles. The first-order valence-electron chi connectivity index (χ1n) is 9.00. The van der Waals surface area contributed by atoms with Gasteiger partial charge in [-0.25, -0.2) is 13.4 Å². The predicted octanol–water partition coefficient (Wildman–Crippen LogP) is -1.14. The minimum absolute atomic E-state index is 0.0350. The fraction of sp³-hybridized carbons (Fsp3) is 0.588. The third kappa shape index (κ3) is 5.46. The van der Waals surface area contributed by atoms with Gasteiger partial charge in [0.05, 0.1) is 18.6 Å². The van der Waals surface area contributed by atoms with Crippen molar-refractivity contribution in [1.82, 2.24) is 9.62 Å². The van der Waals surface area contributed by atoms with E-state index in [4.69, 9.17) is 5.73 Å². The highest BCUT2D eigenvalue weighted by Gasteiger charge is 2.37. The van der Waals surface area contributed by atoms with Crippen LogP contribution < -0.4 is 11.1 Å². The molecule has 0 spiro atoms. The number of ketones is 1. The fourth-order valence-corrected chi connectivity index (χ4v) is 4.44. The summed E-state index contributed by atoms with van der Waals surface area (Å²) in [5, 5.41) is 12.5. The first-order valence-corrected chi connectivity index (χ1v) is 10.4. The van der Waals surface area contributed by atoms with Crippen molar-refractivity contribution >= 4 is 32.7 Å². The number of rotatable bonds is 6. The molecule has 2 rings (SSSR count). The maximum Gasteiger partial charge on any atom is 0.264 e. The van der Waals surface area contributed by atoms with Gasteiger partial charge in [-0.2, -0.15) is 4.31 Å². The molecule has 3 atom stereocenters. The van der Waals surface area contributed by atoms with Crippen LogP contribution in [0, 0.1) is 12.3 Å². The summed E-state index contributed by atoms with van der Waals surface area (Å²) in [6.07, 6.45) is 3.75. The molecular formula is C17H25N4O6S. The van der Waals surface area contributed by atoms with Crippen molar-refractivity contribution in [2.75, 3.05) is 13.1 Å². The minimum Gasteiger partial charge on any atom is -0.390 e. The predicted molar refractivity (Wildman–Crippen MR) is 101 cm³/mol. The number of hydrogen-bond donors (Lipinski definition) is 3. The Bertz CT molecular complexity index is 791. The molecule has 11 heteroatoms. The highest BCUT2D eigenvalue weighted by Crippen LogP contribution is 2.18. The van der Waals surface area contributed by atoms with Crippen molar-refractivity contribution in [1.29, 1.82) is 0 Å². The highest BCUT2D eigenvalue weighted by molar-refractivity contribution is 8.06. The lowest BCUT2D eigenvalue weighted by atomic mass is 10.0. The van der Waals surface area contributed by atoms with E-state index in [0.29, 0.717) is 12.8 Å². The molecule has 0 bridgehead atoms. The summed E-state index contributed by atoms with van der Waals surface area (Å²) in [5.74, 6) is -2.07. The number of sulfonamides is 1. The summed E-state index contributed by atoms with van der Waals surface area (Å²) in [6.45, 7) is 1.44. The highest BCUT2D eigenvalue weighted by atomic mass is 32.2. The molecule has 1 radical (unpaired) electrons. The Morgan fingerprint density at radius 3 is 2.86 bits per heavy atom. The van der Waals surface area contributed by atoms with Crippen LogP contribution in [0.15, 0.2) is 17.3 Å². The minimum atomic E-state index is -4.12. The molecule has 0 aromatic heterocycles. The summed E-state index contributed by atoms with van der Waals surface area (Å²) in [7, 11) is -4.12. The molecule has 2 amide bonds. The van der Waals surface area contributed by atoms with Crippen LogP contribution in [0.1, 0.15) is 32.6 Å². The second-order valence-corrected chi connectivity index (χ2v) is 8.73. The van der Waals surface area contributed by atoms with Gasteiger partial charge in [0.25, 0.3) is 10.0 Å². The van der Waals surface area contributed by atoms with E-state index in [9.17, 15) is 27.9 Å². The number of β-amino-alcohol motifs (C(OH)–C–C–N with tert-alkyl or cyclic N) is 1. The average molecular weight is 413 g/mol. The molecule has 1 saturated heterocycles. The molecule has 2 unspecified atom stereocenters. The smallest absolute Gasteiger partial charge is 0.264 e. The van der Waals surface area contributed by atoms with Gasteiger partial charge in [-0.15, -0.1) is 0 Å². The van der Waals surface area contributed by atoms with Crippen LogP contribution in [-0.2, 0) is 24.4 Å². The third-order valence-corrected chi connectivity index (χ3v) is 6.50. The molecule has 4 N–H and O–H groups in total. The number of primary amides is 1. The first-order chi connectivity index (χ1) is 13.1. The lowest BCUT2D eigenvalue weighted by Crippen LogP contribution is -2.48. The number of aliphatic hydroxyl groups excluding tert-OH is 1. The second kappa shape index (κ2) is 9.39. The van der Waals surface area contributed by atoms with Crippen molar-refractivity contribution in [3.05, 3.63) is 18.7 Å². The van der Waals surface area contributed by atoms with Gasteiger partial charge in [0.15, 0.2) is 5.78 Å². The Morgan fingerprint density at radius 2 is 2.21 bits per heavy atom. The van der Waals surface area contributed by atoms with E-state index in [-0.39, 0.29) is 25.9 Å². The number of carbonyl (C=O) groups excluding carboxylic acids is 3. The largest absolute Gasteiger partial charge is 0.390 e. The van der Waals surface area contributed by atoms with Crippen molar-refractivity contribution in [2.24, 2.45) is 16.6 Å². The van der Waals surface area contributed by atoms with Crippen LogP contribution >= 0.6 is 0 Å². The number of hydrogen-bond acceptors (Lipinski definition) is 7. The van der Waals surface area contributed by atoms with Crippen molar-refractivity contribution in [3.63, 3.8) is 0 Å². The van der Waals surface area contributed by atoms with E-state index < -0.39 is 50.7 Å². The van der Waals surface area contributed by atoms with Gasteiger partial charge in [0.2, 0.25) is 16.9 Å². The molecular weight excluding hydrogens is 388 g/mol. The van der Waals surface area contributed by atoms with Gasteiger partial charge >= 0.3 is 0 Å². The van der Waals surface area contributed by atoms with E-state index in [1.54, 1.807) is 6.92 Å². The van der Waals surface area contributed by atoms with Crippen LogP contribution in [-0.4, -0.2) is 65.7 Å². The quantitative estimate of drug-likeness (QED) is 0.499. The number of nitrogens with zero attached hydrogens (tertiary/aromatic N) is 2. The molecule has 155 valence electrons. The summed E-state index contributed by atoms with van der Waals surface area (Å²) in [4.78, 5) is 38.6. The van der Waals surface area contributed by atoms with Crippen LogP contribution in [0.4, 0.5) is 0 Å². The zero-order valence-corrected chi connectivity index (χ0v) is 16.4. The molecule has 0 saturated carbocycles. The lowest BCUT2D eigenvalue weighted by molar-refractivity contribution is -0.122. The number of aliphatic imine (C=N–C) groups is 1. The van der Waals surface area contributed by atoms with Gasteiger partial charge in [-0.3, -0.25) is 14.4 Å². The zero-order valence-electron chi connectivity index (χ0n) is 15.6. The number of amides is 2. The molecule has 0 aromatic carbocycles. The number of Topliss-reactive ketones (excluding diaryl/α,β-unsaturated/α-hetero) is 1. The van der Waals surface area contributed by atoms with E-state index in [2.05, 4.69) is 10.3 Å². The van der Waals surface area contributed by atoms with Crippen LogP contribution in [0.5, 0.6) is 0 Å². The SMILES string of the molecule is CC(C[CH]C(=O)NC1CCCN(S(=O)(=O)C2=NC=CCC2=O)C[C@@H]1O)C(N)=O. The van der Waals surface area contributed by atoms with Crippen molar-refractivity contribution in [2.45, 2.75) is 44.8 Å². The van der Waals surface area contributed by atoms with E-state index in [1.807, 2.05) is 0 Å². The maximum absolute atomic E-state index is 12.7. The fourth-order valence-electron chi connectivity index (χ4n) is 2.91. The first kappa shape index (κ1) is 22.2. The van der Waals surface area contributed by atoms with Crippen molar-refractivity contribution in [3.8, 4) is 0 Å². The lowest BCUT2D eigenvalue weighted by Gasteiger charge is -2.25. The normalized spacial score (nSPS) is 24.9. The third-order valence-electron chi connectivity index (χ3n) is 4.67. The Hall–Kier alpha value is -2.11. The van der Waals surface area contributed by atoms with Gasteiger partial charge in [0, 0.05) is 31.6 Å². The number of carbonyl (C=O) groups is 3. The summed E-state index contributed by atoms with van der Waals surface area (Å²) >= 11 is 0. The molecule has 10 nitrogen and oxygen atoms in total. The molecule has 28 heavy (non-hydrogen) atoms. The van der Waals surface area contributed by atoms with Gasteiger partial charge in [-0.1, -0.05) is 13.0 Å². The Morgan fingerprint density at radius 1 is 1.50 bits per heavy atom. The Kier molecular flexibility index (Phi) is 7.44. The Balaban J connectivity index is 1.99. The van der Waals surface area contributed by atoms with Crippen LogP contribution in [0.2, 0.25) is 0 Å². The molecule has 0 aromatic rings. The zero-order chi connectivity index (χ0) is 20.9. The Labute approximate surface area is 163 Å². The number of allylic oxidation sites excluding steroid dienone is 1. The van der Waals surface area contributed by atoms with E-state index in [0.717, 1.165) is 4.31 Å². The monoisotopic (exact) mass is 413 g/mol. The molecule has 1 fully saturated rings. The topological polar surface area (TPSA) is 159 Å². The number of nitrogens with one attached hydrogen (secondary N) is 1. The molecule has 2 aliphatic heterocycles. The standard InChI is InChI=1S/C17H25N4O6S/c1-11(16(18)25)6-7-15(24)20-12-4-3-9-21(10-14(12)23)28(26,27)17-13(22)5-2-8-19-17/h2,7-8,11-12,14,23H,3-6,9-10H2,1H3,(H2,18,25)(H,20,24)/t11?,12?,14-/m0/s1. The number of nitrogens with two attached hydrogens (primary N) is 1. The van der Waals surface area contributed by atoms with E-state index in [1.165, 1.54) is 18.7 Å². The van der Waals surface area contributed by atoms with Gasteiger partial charge in [0.1, 0.15) is 0 Å². The second-order valence-electron chi connectivity index (χ2n) is 6.88.